The number of nitrogens with one attached hydrogen (secondary N) is 2. The van der Waals surface area contributed by atoms with E-state index in [1.807, 2.05) is 14.2 Å². The van der Waals surface area contributed by atoms with Crippen molar-refractivity contribution in [3.05, 3.63) is 5.41 Å². The summed E-state index contributed by atoms with van der Waals surface area (Å²) in [5, 5.41) is 21.7. The van der Waals surface area contributed by atoms with Gasteiger partial charge >= 0.3 is 158 Å². The summed E-state index contributed by atoms with van der Waals surface area (Å²) >= 11 is 1.28. The molecular weight excluding hydrogens is 880 g/mol. The summed E-state index contributed by atoms with van der Waals surface area (Å²) in [5.74, 6) is 0.297. The molecule has 11 heteroatoms. The Morgan fingerprint density at radius 3 is 1.30 bits per heavy atom. The molecule has 0 aromatic carbocycles. The molecule has 0 rings (SSSR count). The van der Waals surface area contributed by atoms with Crippen LogP contribution in [0.1, 0.15) is 252 Å². The molecule has 379 valence electrons. The van der Waals surface area contributed by atoms with Crippen LogP contribution < -0.4 is 10.8 Å². The average molecular weight is 986 g/mol. The summed E-state index contributed by atoms with van der Waals surface area (Å²) in [6, 6.07) is 0. The SMILES string of the molecule is CCCCCCCCC(CC)OC.CCCCCCCCC(CCCCCCCC)OC.CNC(=[N-])[C](=[Nb])C(=NCCCN(CCCCCCCC=O)CCCCCCCC=O)NO. The van der Waals surface area contributed by atoms with Crippen LogP contribution in [0.3, 0.4) is 0 Å². The number of ether oxygens (including phenoxy) is 2. The van der Waals surface area contributed by atoms with Crippen molar-refractivity contribution in [1.82, 2.24) is 15.7 Å². The molecular formula is C53H106N5NbO5-. The van der Waals surface area contributed by atoms with Gasteiger partial charge in [-0.3, -0.25) is 0 Å². The molecule has 0 saturated carbocycles. The zero-order valence-corrected chi connectivity index (χ0v) is 45.5. The van der Waals surface area contributed by atoms with Crippen molar-refractivity contribution >= 4 is 28.0 Å². The quantitative estimate of drug-likeness (QED) is 0.0137. The summed E-state index contributed by atoms with van der Waals surface area (Å²) in [6.07, 6.45) is 46.5. The number of aldehydes is 2. The Hall–Kier alpha value is -1.27. The third-order valence-corrected chi connectivity index (χ3v) is 13.1. The van der Waals surface area contributed by atoms with Gasteiger partial charge in [-0.15, -0.1) is 0 Å². The molecule has 0 aliphatic carbocycles. The van der Waals surface area contributed by atoms with Crippen molar-refractivity contribution in [1.29, 1.82) is 0 Å². The molecule has 1 unspecified atom stereocenters. The summed E-state index contributed by atoms with van der Waals surface area (Å²) in [4.78, 5) is 27.7. The Morgan fingerprint density at radius 2 is 0.938 bits per heavy atom. The Morgan fingerprint density at radius 1 is 0.578 bits per heavy atom. The van der Waals surface area contributed by atoms with Crippen LogP contribution in [-0.4, -0.2) is 97.7 Å². The predicted molar refractivity (Wildman–Crippen MR) is 274 cm³/mol. The summed E-state index contributed by atoms with van der Waals surface area (Å²) in [6.45, 7) is 12.7. The van der Waals surface area contributed by atoms with Crippen LogP contribution in [-0.2, 0) is 39.7 Å². The fourth-order valence-electron chi connectivity index (χ4n) is 7.73. The number of amidine groups is 2. The molecule has 1 atom stereocenters. The van der Waals surface area contributed by atoms with E-state index in [4.69, 9.17) is 9.47 Å². The van der Waals surface area contributed by atoms with Gasteiger partial charge in [0.2, 0.25) is 0 Å². The number of nitrogens with zero attached hydrogens (tertiary/aromatic N) is 3. The third kappa shape index (κ3) is 50.1. The molecule has 0 amide bonds. The molecule has 0 aromatic rings. The number of carbonyl (C=O) groups is 2. The van der Waals surface area contributed by atoms with Gasteiger partial charge in [-0.2, -0.15) is 0 Å². The number of rotatable bonds is 46. The minimum atomic E-state index is 0.00205. The molecule has 0 aromatic heterocycles. The van der Waals surface area contributed by atoms with E-state index in [0.717, 1.165) is 83.6 Å². The van der Waals surface area contributed by atoms with E-state index < -0.39 is 0 Å². The summed E-state index contributed by atoms with van der Waals surface area (Å²) in [5.41, 5.74) is 2.08. The van der Waals surface area contributed by atoms with Gasteiger partial charge in [0, 0.05) is 27.1 Å². The first-order valence-corrected chi connectivity index (χ1v) is 27.8. The molecule has 10 nitrogen and oxygen atoms in total. The van der Waals surface area contributed by atoms with Gasteiger partial charge in [0.25, 0.3) is 0 Å². The predicted octanol–water partition coefficient (Wildman–Crippen LogP) is 13.7. The van der Waals surface area contributed by atoms with Crippen LogP contribution in [0.5, 0.6) is 0 Å². The first kappa shape index (κ1) is 67.0. The van der Waals surface area contributed by atoms with Crippen LogP contribution in [0.25, 0.3) is 5.41 Å². The van der Waals surface area contributed by atoms with E-state index in [0.29, 0.717) is 41.2 Å². The Balaban J connectivity index is -0.000000978. The molecule has 0 radical (unpaired) electrons. The normalized spacial score (nSPS) is 11.7. The van der Waals surface area contributed by atoms with Crippen LogP contribution in [0.15, 0.2) is 4.99 Å². The first-order valence-electron chi connectivity index (χ1n) is 26.7. The monoisotopic (exact) mass is 986 g/mol. The van der Waals surface area contributed by atoms with Crippen LogP contribution in [0.4, 0.5) is 0 Å². The van der Waals surface area contributed by atoms with Crippen molar-refractivity contribution in [2.45, 2.75) is 265 Å². The fourth-order valence-corrected chi connectivity index (χ4v) is 8.30. The molecule has 0 heterocycles. The molecule has 0 spiro atoms. The van der Waals surface area contributed by atoms with E-state index in [9.17, 15) is 20.2 Å². The van der Waals surface area contributed by atoms with Gasteiger partial charge in [0.15, 0.2) is 0 Å². The maximum absolute atomic E-state index is 10.4. The van der Waals surface area contributed by atoms with Crippen molar-refractivity contribution < 1.29 is 44.9 Å². The van der Waals surface area contributed by atoms with Crippen molar-refractivity contribution in [3.8, 4) is 0 Å². The zero-order chi connectivity index (χ0) is 48.0. The van der Waals surface area contributed by atoms with Gasteiger partial charge < -0.3 is 19.1 Å². The van der Waals surface area contributed by atoms with E-state index in [-0.39, 0.29) is 5.84 Å². The van der Waals surface area contributed by atoms with Crippen LogP contribution >= 0.6 is 0 Å². The van der Waals surface area contributed by atoms with Gasteiger partial charge in [0.05, 0.1) is 12.2 Å². The van der Waals surface area contributed by atoms with Gasteiger partial charge in [-0.05, 0) is 38.5 Å². The number of hydroxylamine groups is 1. The number of aliphatic imine (C=N–C) groups is 1. The third-order valence-electron chi connectivity index (χ3n) is 12.0. The zero-order valence-electron chi connectivity index (χ0n) is 43.3. The summed E-state index contributed by atoms with van der Waals surface area (Å²) in [7, 11) is 5.33. The first-order chi connectivity index (χ1) is 31.3. The van der Waals surface area contributed by atoms with Gasteiger partial charge in [-0.25, -0.2) is 0 Å². The van der Waals surface area contributed by atoms with Crippen molar-refractivity contribution in [2.75, 3.05) is 47.4 Å². The van der Waals surface area contributed by atoms with E-state index in [2.05, 4.69) is 48.4 Å². The minimum absolute atomic E-state index is 0.00205. The maximum atomic E-state index is 10.4. The second-order valence-electron chi connectivity index (χ2n) is 17.7. The topological polar surface area (TPSA) is 135 Å². The molecule has 0 saturated heterocycles. The fraction of sp³-hybridized carbons (Fsp3) is 0.906. The number of unbranched alkanes of at least 4 members (excludes halogenated alkanes) is 25. The molecule has 64 heavy (non-hydrogen) atoms. The molecule has 3 N–H and O–H groups in total. The number of hydrogen-bond donors (Lipinski definition) is 3. The number of methoxy groups -OCH3 is 2. The van der Waals surface area contributed by atoms with Gasteiger partial charge in [-0.1, -0.05) is 143 Å². The van der Waals surface area contributed by atoms with E-state index >= 15 is 0 Å². The molecule has 0 aliphatic heterocycles. The second kappa shape index (κ2) is 57.9. The second-order valence-corrected chi connectivity index (χ2v) is 18.8. The standard InChI is InChI=1S/C23H42N5O3.C18H38O.C12H26O.Nb/c1-25-22(24)21-23(27-31)26-15-14-18-28(16-10-6-2-4-8-12-19-29)17-11-7-3-5-9-13-20-30;1-4-6-8-10-12-14-16-18(19-3)17-15-13-11-9-7-5-2;1-4-6-7-8-9-10-11-12(5-2)13-3;/h19-20H,2-18H2,1H3,(H3-,24,25,26,27,31);18H,4-17H2,1-3H3;12H,4-11H2,1-3H3;/q-1;;;. The van der Waals surface area contributed by atoms with Crippen LogP contribution in [0, 0.1) is 0 Å². The summed E-state index contributed by atoms with van der Waals surface area (Å²) < 4.78 is 11.5. The molecule has 0 fully saturated rings. The average Bonchev–Trinajstić information content (AvgIpc) is 3.31. The Bertz CT molecular complexity index is 978. The Labute approximate surface area is 409 Å². The van der Waals surface area contributed by atoms with Crippen LogP contribution in [0.2, 0.25) is 0 Å². The number of carbonyl (C=O) groups excluding carboxylic acids is 2. The molecule has 0 bridgehead atoms. The van der Waals surface area contributed by atoms with Gasteiger partial charge in [0.1, 0.15) is 12.6 Å². The molecule has 0 aliphatic rings. The van der Waals surface area contributed by atoms with Crippen molar-refractivity contribution in [3.63, 3.8) is 0 Å². The number of hydrogen-bond acceptors (Lipinski definition) is 7. The van der Waals surface area contributed by atoms with Crippen molar-refractivity contribution in [2.24, 2.45) is 4.99 Å². The Kier molecular flexibility index (Phi) is 60.6. The van der Waals surface area contributed by atoms with E-state index in [1.54, 1.807) is 7.05 Å². The van der Waals surface area contributed by atoms with E-state index in [1.165, 1.54) is 181 Å².